The van der Waals surface area contributed by atoms with E-state index in [9.17, 15) is 15.0 Å². The maximum atomic E-state index is 12.3. The molecular formula is C15H21N3O3. The van der Waals surface area contributed by atoms with Crippen molar-refractivity contribution in [2.45, 2.75) is 43.9 Å². The van der Waals surface area contributed by atoms with Crippen molar-refractivity contribution in [3.63, 3.8) is 0 Å². The van der Waals surface area contributed by atoms with E-state index in [4.69, 9.17) is 0 Å². The van der Waals surface area contributed by atoms with E-state index in [2.05, 4.69) is 10.3 Å². The van der Waals surface area contributed by atoms with Crippen LogP contribution in [0.3, 0.4) is 0 Å². The van der Waals surface area contributed by atoms with Gasteiger partial charge < -0.3 is 20.1 Å². The molecule has 0 radical (unpaired) electrons. The zero-order valence-electron chi connectivity index (χ0n) is 11.9. The van der Waals surface area contributed by atoms with E-state index in [0.717, 1.165) is 25.7 Å². The van der Waals surface area contributed by atoms with Crippen LogP contribution in [0.15, 0.2) is 17.2 Å². The molecule has 6 heteroatoms. The zero-order chi connectivity index (χ0) is 14.6. The number of nitrogens with zero attached hydrogens (tertiary/aromatic N) is 2. The molecule has 6 nitrogen and oxygen atoms in total. The first-order valence-electron chi connectivity index (χ1n) is 7.82. The second kappa shape index (κ2) is 4.81. The Hall–Kier alpha value is -1.40. The Bertz CT molecular complexity index is 596. The third kappa shape index (κ3) is 2.17. The maximum absolute atomic E-state index is 12.3. The minimum Gasteiger partial charge on any atom is -0.390 e. The van der Waals surface area contributed by atoms with Crippen LogP contribution in [-0.4, -0.2) is 38.5 Å². The SMILES string of the molecule is O=c1c(NC[C@H]2C[C@@H]3C[C@H]2[C@@H](O)[C@H]3O)nccn1C1CC1. The molecular weight excluding hydrogens is 270 g/mol. The highest BCUT2D eigenvalue weighted by atomic mass is 16.3. The molecule has 4 rings (SSSR count). The van der Waals surface area contributed by atoms with Gasteiger partial charge in [0.2, 0.25) is 0 Å². The second-order valence-electron chi connectivity index (χ2n) is 6.74. The molecule has 3 saturated carbocycles. The summed E-state index contributed by atoms with van der Waals surface area (Å²) in [7, 11) is 0. The Kier molecular flexibility index (Phi) is 3.04. The van der Waals surface area contributed by atoms with E-state index in [1.807, 2.05) is 0 Å². The lowest BCUT2D eigenvalue weighted by Gasteiger charge is -2.29. The van der Waals surface area contributed by atoms with E-state index >= 15 is 0 Å². The topological polar surface area (TPSA) is 87.4 Å². The van der Waals surface area contributed by atoms with Crippen LogP contribution in [0.5, 0.6) is 0 Å². The fraction of sp³-hybridized carbons (Fsp3) is 0.733. The molecule has 114 valence electrons. The summed E-state index contributed by atoms with van der Waals surface area (Å²) in [4.78, 5) is 16.4. The van der Waals surface area contributed by atoms with Crippen molar-refractivity contribution in [3.05, 3.63) is 22.7 Å². The number of rotatable bonds is 4. The number of hydrogen-bond acceptors (Lipinski definition) is 5. The van der Waals surface area contributed by atoms with Crippen molar-refractivity contribution in [3.8, 4) is 0 Å². The number of anilines is 1. The molecule has 3 N–H and O–H groups in total. The standard InChI is InChI=1S/C15H21N3O3/c19-12-8-5-9(11(6-8)13(12)20)7-17-14-15(21)18(4-3-16-14)10-1-2-10/h3-4,8-13,19-20H,1-2,5-7H2,(H,16,17)/t8-,9-,11-,12+,13-/m1/s1. The molecule has 21 heavy (non-hydrogen) atoms. The maximum Gasteiger partial charge on any atom is 0.293 e. The summed E-state index contributed by atoms with van der Waals surface area (Å²) in [5.41, 5.74) is -0.0521. The molecule has 1 aromatic heterocycles. The van der Waals surface area contributed by atoms with Crippen LogP contribution in [0.1, 0.15) is 31.7 Å². The molecule has 5 atom stereocenters. The second-order valence-corrected chi connectivity index (χ2v) is 6.74. The lowest BCUT2D eigenvalue weighted by atomic mass is 9.85. The summed E-state index contributed by atoms with van der Waals surface area (Å²) in [6, 6.07) is 0.348. The molecule has 3 fully saturated rings. The Labute approximate surface area is 122 Å². The van der Waals surface area contributed by atoms with Crippen LogP contribution in [0.4, 0.5) is 5.82 Å². The van der Waals surface area contributed by atoms with E-state index in [1.165, 1.54) is 0 Å². The van der Waals surface area contributed by atoms with Crippen molar-refractivity contribution >= 4 is 5.82 Å². The number of fused-ring (bicyclic) bond motifs is 2. The van der Waals surface area contributed by atoms with Crippen molar-refractivity contribution in [1.29, 1.82) is 0 Å². The molecule has 0 spiro atoms. The first kappa shape index (κ1) is 13.3. The Balaban J connectivity index is 1.44. The van der Waals surface area contributed by atoms with Gasteiger partial charge in [0, 0.05) is 25.0 Å². The molecule has 3 aliphatic rings. The molecule has 0 aliphatic heterocycles. The molecule has 1 aromatic rings. The van der Waals surface area contributed by atoms with Crippen LogP contribution >= 0.6 is 0 Å². The van der Waals surface area contributed by atoms with Gasteiger partial charge in [-0.2, -0.15) is 0 Å². The molecule has 3 aliphatic carbocycles. The summed E-state index contributed by atoms with van der Waals surface area (Å²) in [5.74, 6) is 1.07. The van der Waals surface area contributed by atoms with Crippen LogP contribution < -0.4 is 10.9 Å². The highest BCUT2D eigenvalue weighted by molar-refractivity contribution is 5.31. The largest absolute Gasteiger partial charge is 0.390 e. The smallest absolute Gasteiger partial charge is 0.293 e. The van der Waals surface area contributed by atoms with Gasteiger partial charge in [-0.3, -0.25) is 4.79 Å². The average molecular weight is 291 g/mol. The fourth-order valence-corrected chi connectivity index (χ4v) is 4.08. The number of aliphatic hydroxyl groups excluding tert-OH is 2. The van der Waals surface area contributed by atoms with Gasteiger partial charge in [-0.25, -0.2) is 4.98 Å². The van der Waals surface area contributed by atoms with Gasteiger partial charge in [0.25, 0.3) is 5.56 Å². The molecule has 2 bridgehead atoms. The van der Waals surface area contributed by atoms with E-state index in [-0.39, 0.29) is 17.4 Å². The normalized spacial score (nSPS) is 37.9. The lowest BCUT2D eigenvalue weighted by molar-refractivity contribution is -0.0317. The summed E-state index contributed by atoms with van der Waals surface area (Å²) >= 11 is 0. The van der Waals surface area contributed by atoms with Crippen molar-refractivity contribution in [2.75, 3.05) is 11.9 Å². The van der Waals surface area contributed by atoms with Gasteiger partial charge >= 0.3 is 0 Å². The summed E-state index contributed by atoms with van der Waals surface area (Å²) in [6.07, 6.45) is 6.20. The summed E-state index contributed by atoms with van der Waals surface area (Å²) in [5, 5.41) is 22.9. The average Bonchev–Trinajstić information content (AvgIpc) is 3.18. The summed E-state index contributed by atoms with van der Waals surface area (Å²) in [6.45, 7) is 0.641. The third-order valence-corrected chi connectivity index (χ3v) is 5.40. The van der Waals surface area contributed by atoms with Gasteiger partial charge in [-0.15, -0.1) is 0 Å². The first-order chi connectivity index (χ1) is 10.1. The lowest BCUT2D eigenvalue weighted by Crippen LogP contribution is -2.39. The molecule has 0 unspecified atom stereocenters. The van der Waals surface area contributed by atoms with Crippen LogP contribution in [0.2, 0.25) is 0 Å². The van der Waals surface area contributed by atoms with Gasteiger partial charge in [-0.05, 0) is 43.4 Å². The minimum atomic E-state index is -0.609. The Morgan fingerprint density at radius 3 is 2.76 bits per heavy atom. The predicted octanol–water partition coefficient (Wildman–Crippen LogP) is 0.368. The number of aliphatic hydroxyl groups is 2. The first-order valence-corrected chi connectivity index (χ1v) is 7.82. The molecule has 0 aromatic carbocycles. The highest BCUT2D eigenvalue weighted by Crippen LogP contribution is 2.48. The quantitative estimate of drug-likeness (QED) is 0.746. The van der Waals surface area contributed by atoms with Crippen molar-refractivity contribution in [1.82, 2.24) is 9.55 Å². The fourth-order valence-electron chi connectivity index (χ4n) is 4.08. The number of aromatic nitrogens is 2. The van der Waals surface area contributed by atoms with Gasteiger partial charge in [0.05, 0.1) is 12.2 Å². The van der Waals surface area contributed by atoms with E-state index < -0.39 is 12.2 Å². The van der Waals surface area contributed by atoms with Crippen LogP contribution in [0, 0.1) is 17.8 Å². The van der Waals surface area contributed by atoms with Crippen LogP contribution in [-0.2, 0) is 0 Å². The van der Waals surface area contributed by atoms with Gasteiger partial charge in [0.1, 0.15) is 0 Å². The monoisotopic (exact) mass is 291 g/mol. The Morgan fingerprint density at radius 2 is 2.10 bits per heavy atom. The Morgan fingerprint density at radius 1 is 1.29 bits per heavy atom. The minimum absolute atomic E-state index is 0.0521. The number of nitrogens with one attached hydrogen (secondary N) is 1. The third-order valence-electron chi connectivity index (χ3n) is 5.40. The van der Waals surface area contributed by atoms with Gasteiger partial charge in [0.15, 0.2) is 5.82 Å². The van der Waals surface area contributed by atoms with E-state index in [1.54, 1.807) is 17.0 Å². The van der Waals surface area contributed by atoms with Crippen molar-refractivity contribution in [2.24, 2.45) is 17.8 Å². The highest BCUT2D eigenvalue weighted by Gasteiger charge is 2.51. The zero-order valence-corrected chi connectivity index (χ0v) is 11.9. The van der Waals surface area contributed by atoms with E-state index in [0.29, 0.717) is 24.3 Å². The molecule has 1 heterocycles. The van der Waals surface area contributed by atoms with Crippen molar-refractivity contribution < 1.29 is 10.2 Å². The predicted molar refractivity (Wildman–Crippen MR) is 77.0 cm³/mol. The number of hydrogen-bond donors (Lipinski definition) is 3. The summed E-state index contributed by atoms with van der Waals surface area (Å²) < 4.78 is 1.76. The van der Waals surface area contributed by atoms with Crippen LogP contribution in [0.25, 0.3) is 0 Å². The molecule has 0 saturated heterocycles. The van der Waals surface area contributed by atoms with Gasteiger partial charge in [-0.1, -0.05) is 0 Å². The molecule has 0 amide bonds.